The standard InChI is InChI=1S/C15H16N6O3S3/c1-2-3-6-16-13-19-20-15(27-13)25-8-12(22)18-14-17-10-5-4-9(21(23)24)7-11(10)26-14/h4-5,7H,2-3,6,8H2,1H3,(H,16,19)(H,17,18,22). The number of carbonyl (C=O) groups is 1. The van der Waals surface area contributed by atoms with Gasteiger partial charge in [-0.25, -0.2) is 4.98 Å². The maximum Gasteiger partial charge on any atom is 0.270 e. The summed E-state index contributed by atoms with van der Waals surface area (Å²) in [6, 6.07) is 4.42. The topological polar surface area (TPSA) is 123 Å². The van der Waals surface area contributed by atoms with Crippen LogP contribution in [0, 0.1) is 10.1 Å². The molecule has 2 aromatic heterocycles. The van der Waals surface area contributed by atoms with E-state index in [1.54, 1.807) is 6.07 Å². The average Bonchev–Trinajstić information content (AvgIpc) is 3.25. The van der Waals surface area contributed by atoms with Crippen LogP contribution in [0.2, 0.25) is 0 Å². The first-order valence-corrected chi connectivity index (χ1v) is 10.7. The third-order valence-corrected chi connectivity index (χ3v) is 6.32. The molecule has 0 saturated carbocycles. The Balaban J connectivity index is 1.53. The Kier molecular flexibility index (Phi) is 6.53. The van der Waals surface area contributed by atoms with Crippen LogP contribution < -0.4 is 10.6 Å². The van der Waals surface area contributed by atoms with E-state index in [0.717, 1.165) is 24.5 Å². The summed E-state index contributed by atoms with van der Waals surface area (Å²) in [5, 5.41) is 26.0. The Morgan fingerprint density at radius 1 is 1.30 bits per heavy atom. The van der Waals surface area contributed by atoms with Gasteiger partial charge in [0.1, 0.15) is 0 Å². The number of rotatable bonds is 9. The van der Waals surface area contributed by atoms with Gasteiger partial charge in [-0.2, -0.15) is 0 Å². The molecule has 0 bridgehead atoms. The third-order valence-electron chi connectivity index (χ3n) is 3.37. The number of thioether (sulfide) groups is 1. The molecule has 0 unspecified atom stereocenters. The number of unbranched alkanes of at least 4 members (excludes halogenated alkanes) is 1. The maximum atomic E-state index is 12.1. The molecule has 12 heteroatoms. The Morgan fingerprint density at radius 3 is 2.93 bits per heavy atom. The second-order valence-corrected chi connectivity index (χ2v) is 8.65. The summed E-state index contributed by atoms with van der Waals surface area (Å²) in [7, 11) is 0. The van der Waals surface area contributed by atoms with E-state index in [1.165, 1.54) is 46.6 Å². The highest BCUT2D eigenvalue weighted by molar-refractivity contribution is 8.01. The van der Waals surface area contributed by atoms with Gasteiger partial charge in [-0.1, -0.05) is 47.8 Å². The number of benzene rings is 1. The van der Waals surface area contributed by atoms with Gasteiger partial charge in [0.15, 0.2) is 9.47 Å². The Bertz CT molecular complexity index is 957. The molecule has 0 fully saturated rings. The predicted molar refractivity (Wildman–Crippen MR) is 109 cm³/mol. The highest BCUT2D eigenvalue weighted by Gasteiger charge is 2.13. The number of carbonyl (C=O) groups excluding carboxylic acids is 1. The molecule has 0 saturated heterocycles. The van der Waals surface area contributed by atoms with Crippen molar-refractivity contribution in [3.05, 3.63) is 28.3 Å². The highest BCUT2D eigenvalue weighted by atomic mass is 32.2. The molecular weight excluding hydrogens is 408 g/mol. The van der Waals surface area contributed by atoms with E-state index in [2.05, 4.69) is 32.7 Å². The summed E-state index contributed by atoms with van der Waals surface area (Å²) in [6.45, 7) is 2.97. The number of nitrogens with zero attached hydrogens (tertiary/aromatic N) is 4. The van der Waals surface area contributed by atoms with E-state index >= 15 is 0 Å². The number of amides is 1. The molecule has 2 N–H and O–H groups in total. The van der Waals surface area contributed by atoms with Crippen LogP contribution in [0.1, 0.15) is 19.8 Å². The number of anilines is 2. The molecular formula is C15H16N6O3S3. The molecule has 2 heterocycles. The number of hydrogen-bond donors (Lipinski definition) is 2. The van der Waals surface area contributed by atoms with Crippen molar-refractivity contribution in [2.75, 3.05) is 22.9 Å². The molecule has 3 aromatic rings. The first kappa shape index (κ1) is 19.5. The Morgan fingerprint density at radius 2 is 2.15 bits per heavy atom. The number of hydrogen-bond acceptors (Lipinski definition) is 10. The number of nitro benzene ring substituents is 1. The molecule has 0 atom stereocenters. The van der Waals surface area contributed by atoms with Crippen molar-refractivity contribution in [2.24, 2.45) is 0 Å². The number of fused-ring (bicyclic) bond motifs is 1. The van der Waals surface area contributed by atoms with Crippen LogP contribution in [0.3, 0.4) is 0 Å². The van der Waals surface area contributed by atoms with E-state index in [4.69, 9.17) is 0 Å². The van der Waals surface area contributed by atoms with Gasteiger partial charge in [-0.15, -0.1) is 10.2 Å². The molecule has 1 amide bonds. The van der Waals surface area contributed by atoms with Gasteiger partial charge in [-0.05, 0) is 12.5 Å². The van der Waals surface area contributed by atoms with Crippen LogP contribution in [-0.2, 0) is 4.79 Å². The minimum absolute atomic E-state index is 0.000739. The highest BCUT2D eigenvalue weighted by Crippen LogP contribution is 2.30. The van der Waals surface area contributed by atoms with E-state index in [1.807, 2.05) is 0 Å². The minimum Gasteiger partial charge on any atom is -0.360 e. The van der Waals surface area contributed by atoms with E-state index < -0.39 is 4.92 Å². The smallest absolute Gasteiger partial charge is 0.270 e. The lowest BCUT2D eigenvalue weighted by atomic mass is 10.3. The van der Waals surface area contributed by atoms with Crippen LogP contribution in [0.25, 0.3) is 10.2 Å². The zero-order valence-corrected chi connectivity index (χ0v) is 16.7. The lowest BCUT2D eigenvalue weighted by Crippen LogP contribution is -2.13. The number of aromatic nitrogens is 3. The fourth-order valence-electron chi connectivity index (χ4n) is 2.07. The van der Waals surface area contributed by atoms with Gasteiger partial charge < -0.3 is 10.6 Å². The zero-order chi connectivity index (χ0) is 19.2. The van der Waals surface area contributed by atoms with Crippen LogP contribution in [0.4, 0.5) is 16.0 Å². The number of nitro groups is 1. The normalized spacial score (nSPS) is 10.9. The van der Waals surface area contributed by atoms with Gasteiger partial charge in [-0.3, -0.25) is 14.9 Å². The molecule has 27 heavy (non-hydrogen) atoms. The van der Waals surface area contributed by atoms with Crippen molar-refractivity contribution >= 4 is 66.5 Å². The molecule has 0 aliphatic rings. The Labute approximate surface area is 166 Å². The summed E-state index contributed by atoms with van der Waals surface area (Å²) in [4.78, 5) is 26.8. The van der Waals surface area contributed by atoms with Crippen LogP contribution in [0.15, 0.2) is 22.5 Å². The number of non-ortho nitro benzene ring substituents is 1. The van der Waals surface area contributed by atoms with Gasteiger partial charge in [0.05, 0.1) is 20.9 Å². The lowest BCUT2D eigenvalue weighted by molar-refractivity contribution is -0.384. The van der Waals surface area contributed by atoms with Gasteiger partial charge >= 0.3 is 0 Å². The Hall–Kier alpha value is -2.31. The molecule has 0 aliphatic carbocycles. The predicted octanol–water partition coefficient (Wildman–Crippen LogP) is 4.00. The summed E-state index contributed by atoms with van der Waals surface area (Å²) in [6.07, 6.45) is 2.17. The van der Waals surface area contributed by atoms with Gasteiger partial charge in [0.2, 0.25) is 11.0 Å². The third kappa shape index (κ3) is 5.34. The average molecular weight is 425 g/mol. The number of nitrogens with one attached hydrogen (secondary N) is 2. The van der Waals surface area contributed by atoms with Crippen molar-refractivity contribution in [3.63, 3.8) is 0 Å². The zero-order valence-electron chi connectivity index (χ0n) is 14.3. The van der Waals surface area contributed by atoms with Crippen LogP contribution in [0.5, 0.6) is 0 Å². The second kappa shape index (κ2) is 9.06. The second-order valence-electron chi connectivity index (χ2n) is 5.42. The monoisotopic (exact) mass is 424 g/mol. The lowest BCUT2D eigenvalue weighted by Gasteiger charge is -1.99. The van der Waals surface area contributed by atoms with Crippen molar-refractivity contribution in [2.45, 2.75) is 24.1 Å². The molecule has 0 aliphatic heterocycles. The van der Waals surface area contributed by atoms with Gasteiger partial charge in [0.25, 0.3) is 5.69 Å². The van der Waals surface area contributed by atoms with E-state index in [9.17, 15) is 14.9 Å². The van der Waals surface area contributed by atoms with Crippen molar-refractivity contribution in [3.8, 4) is 0 Å². The first-order valence-electron chi connectivity index (χ1n) is 8.10. The van der Waals surface area contributed by atoms with E-state index in [-0.39, 0.29) is 17.3 Å². The minimum atomic E-state index is -0.457. The number of thiazole rings is 1. The molecule has 142 valence electrons. The quantitative estimate of drug-likeness (QED) is 0.229. The SMILES string of the molecule is CCCCNc1nnc(SCC(=O)Nc2nc3ccc([N+](=O)[O-])cc3s2)s1. The molecule has 3 rings (SSSR count). The summed E-state index contributed by atoms with van der Waals surface area (Å²) in [5.74, 6) is -0.0381. The van der Waals surface area contributed by atoms with Gasteiger partial charge in [0, 0.05) is 18.7 Å². The fourth-order valence-corrected chi connectivity index (χ4v) is 4.57. The summed E-state index contributed by atoms with van der Waals surface area (Å²) in [5.41, 5.74) is 0.611. The van der Waals surface area contributed by atoms with Crippen molar-refractivity contribution in [1.29, 1.82) is 0 Å². The fraction of sp³-hybridized carbons (Fsp3) is 0.333. The summed E-state index contributed by atoms with van der Waals surface area (Å²) < 4.78 is 1.36. The largest absolute Gasteiger partial charge is 0.360 e. The molecule has 0 radical (unpaired) electrons. The van der Waals surface area contributed by atoms with Crippen molar-refractivity contribution in [1.82, 2.24) is 15.2 Å². The van der Waals surface area contributed by atoms with Crippen molar-refractivity contribution < 1.29 is 9.72 Å². The summed E-state index contributed by atoms with van der Waals surface area (Å²) >= 11 is 3.92. The first-order chi connectivity index (χ1) is 13.0. The molecule has 1 aromatic carbocycles. The van der Waals surface area contributed by atoms with Crippen LogP contribution in [-0.4, -0.2) is 38.3 Å². The van der Waals surface area contributed by atoms with E-state index in [0.29, 0.717) is 19.7 Å². The molecule has 9 nitrogen and oxygen atoms in total. The maximum absolute atomic E-state index is 12.1. The molecule has 0 spiro atoms. The van der Waals surface area contributed by atoms with Crippen LogP contribution >= 0.6 is 34.4 Å².